The lowest BCUT2D eigenvalue weighted by molar-refractivity contribution is -0.114. The van der Waals surface area contributed by atoms with Gasteiger partial charge in [-0.2, -0.15) is 5.10 Å². The number of anilines is 1. The Labute approximate surface area is 158 Å². The lowest BCUT2D eigenvalue weighted by Crippen LogP contribution is -2.35. The molecular weight excluding hydrogens is 352 g/mol. The number of carbonyl (C=O) groups is 1. The number of benzene rings is 1. The third-order valence-corrected chi connectivity index (χ3v) is 4.86. The van der Waals surface area contributed by atoms with Crippen molar-refractivity contribution in [1.29, 1.82) is 0 Å². The molecule has 7 heteroatoms. The van der Waals surface area contributed by atoms with E-state index < -0.39 is 0 Å². The van der Waals surface area contributed by atoms with Gasteiger partial charge in [-0.3, -0.25) is 9.48 Å². The molecule has 2 aromatic rings. The first kappa shape index (κ1) is 18.7. The zero-order chi connectivity index (χ0) is 18.5. The van der Waals surface area contributed by atoms with Crippen LogP contribution in [0.25, 0.3) is 11.3 Å². The van der Waals surface area contributed by atoms with Crippen molar-refractivity contribution in [3.63, 3.8) is 0 Å². The van der Waals surface area contributed by atoms with Gasteiger partial charge >= 0.3 is 0 Å². The summed E-state index contributed by atoms with van der Waals surface area (Å²) in [6, 6.07) is 6.10. The Morgan fingerprint density at radius 3 is 2.96 bits per heavy atom. The Morgan fingerprint density at radius 1 is 1.46 bits per heavy atom. The molecule has 0 bridgehead atoms. The molecule has 1 aliphatic rings. The molecule has 0 spiro atoms. The van der Waals surface area contributed by atoms with Gasteiger partial charge in [0.25, 0.3) is 0 Å². The predicted octanol–water partition coefficient (Wildman–Crippen LogP) is 3.61. The number of nitrogens with zero attached hydrogens (tertiary/aromatic N) is 2. The second kappa shape index (κ2) is 8.56. The quantitative estimate of drug-likeness (QED) is 0.808. The second-order valence-electron chi connectivity index (χ2n) is 6.64. The van der Waals surface area contributed by atoms with Gasteiger partial charge in [-0.15, -0.1) is 0 Å². The van der Waals surface area contributed by atoms with Crippen LogP contribution in [0.1, 0.15) is 32.6 Å². The van der Waals surface area contributed by atoms with Crippen LogP contribution in [0.15, 0.2) is 24.4 Å². The van der Waals surface area contributed by atoms with E-state index in [2.05, 4.69) is 15.7 Å². The average Bonchev–Trinajstić information content (AvgIpc) is 2.95. The zero-order valence-corrected chi connectivity index (χ0v) is 16.0. The van der Waals surface area contributed by atoms with Crippen molar-refractivity contribution in [3.8, 4) is 17.0 Å². The molecule has 1 aromatic carbocycles. The number of hydrogen-bond acceptors (Lipinski definition) is 4. The van der Waals surface area contributed by atoms with Gasteiger partial charge in [0.2, 0.25) is 5.91 Å². The Balaban J connectivity index is 1.80. The zero-order valence-electron chi connectivity index (χ0n) is 15.2. The first-order valence-electron chi connectivity index (χ1n) is 9.00. The molecule has 1 saturated heterocycles. The van der Waals surface area contributed by atoms with E-state index >= 15 is 0 Å². The summed E-state index contributed by atoms with van der Waals surface area (Å²) in [7, 11) is 1.84. The minimum absolute atomic E-state index is 0.121. The maximum absolute atomic E-state index is 11.4. The fourth-order valence-corrected chi connectivity index (χ4v) is 3.58. The largest absolute Gasteiger partial charge is 0.493 e. The lowest BCUT2D eigenvalue weighted by atomic mass is 10.0. The molecule has 1 amide bonds. The Hall–Kier alpha value is -2.05. The smallest absolute Gasteiger partial charge is 0.221 e. The van der Waals surface area contributed by atoms with Crippen LogP contribution in [0.4, 0.5) is 5.69 Å². The predicted molar refractivity (Wildman–Crippen MR) is 104 cm³/mol. The minimum atomic E-state index is -0.121. The first-order valence-corrected chi connectivity index (χ1v) is 9.38. The second-order valence-corrected chi connectivity index (χ2v) is 7.05. The Bertz CT molecular complexity index is 749. The van der Waals surface area contributed by atoms with Crippen molar-refractivity contribution < 1.29 is 9.53 Å². The normalized spacial score (nSPS) is 17.1. The number of piperidine rings is 1. The summed E-state index contributed by atoms with van der Waals surface area (Å²) in [5.41, 5.74) is 2.29. The van der Waals surface area contributed by atoms with Gasteiger partial charge in [0.15, 0.2) is 0 Å². The number of halogens is 1. The van der Waals surface area contributed by atoms with Crippen molar-refractivity contribution >= 4 is 23.2 Å². The van der Waals surface area contributed by atoms with E-state index in [0.29, 0.717) is 23.4 Å². The number of aromatic nitrogens is 2. The maximum Gasteiger partial charge on any atom is 0.221 e. The number of amides is 1. The number of nitrogens with one attached hydrogen (secondary N) is 2. The average molecular weight is 377 g/mol. The summed E-state index contributed by atoms with van der Waals surface area (Å²) in [5, 5.41) is 11.1. The van der Waals surface area contributed by atoms with E-state index in [-0.39, 0.29) is 5.91 Å². The molecule has 2 N–H and O–H groups in total. The summed E-state index contributed by atoms with van der Waals surface area (Å²) in [6.45, 7) is 3.20. The maximum atomic E-state index is 11.4. The van der Waals surface area contributed by atoms with Gasteiger partial charge in [0.05, 0.1) is 23.5 Å². The molecule has 2 heterocycles. The number of rotatable bonds is 6. The van der Waals surface area contributed by atoms with E-state index in [0.717, 1.165) is 30.0 Å². The van der Waals surface area contributed by atoms with E-state index in [9.17, 15) is 4.79 Å². The highest BCUT2D eigenvalue weighted by atomic mass is 35.5. The van der Waals surface area contributed by atoms with Gasteiger partial charge in [-0.05, 0) is 44.0 Å². The molecule has 140 valence electrons. The summed E-state index contributed by atoms with van der Waals surface area (Å²) in [5.74, 6) is 0.615. The third kappa shape index (κ3) is 4.56. The number of ether oxygens (including phenoxy) is 1. The van der Waals surface area contributed by atoms with E-state index in [1.807, 2.05) is 25.2 Å². The van der Waals surface area contributed by atoms with Gasteiger partial charge in [0.1, 0.15) is 5.75 Å². The van der Waals surface area contributed by atoms with Crippen molar-refractivity contribution in [2.24, 2.45) is 7.05 Å². The number of aryl methyl sites for hydroxylation is 1. The van der Waals surface area contributed by atoms with Crippen LogP contribution in [-0.4, -0.2) is 34.9 Å². The van der Waals surface area contributed by atoms with Crippen molar-refractivity contribution in [1.82, 2.24) is 15.1 Å². The van der Waals surface area contributed by atoms with Gasteiger partial charge in [-0.1, -0.05) is 18.0 Å². The topological polar surface area (TPSA) is 68.2 Å². The molecule has 1 fully saturated rings. The Morgan fingerprint density at radius 2 is 2.31 bits per heavy atom. The molecule has 6 nitrogen and oxygen atoms in total. The molecule has 26 heavy (non-hydrogen) atoms. The molecule has 0 radical (unpaired) electrons. The van der Waals surface area contributed by atoms with Gasteiger partial charge in [0, 0.05) is 31.3 Å². The molecule has 1 aliphatic heterocycles. The number of carbonyl (C=O) groups excluding carboxylic acids is 1. The summed E-state index contributed by atoms with van der Waals surface area (Å²) in [6.07, 6.45) is 6.30. The summed E-state index contributed by atoms with van der Waals surface area (Å²) in [4.78, 5) is 11.4. The molecule has 0 saturated carbocycles. The minimum Gasteiger partial charge on any atom is -0.493 e. The van der Waals surface area contributed by atoms with Crippen molar-refractivity contribution in [2.45, 2.75) is 38.6 Å². The monoisotopic (exact) mass is 376 g/mol. The highest BCUT2D eigenvalue weighted by molar-refractivity contribution is 6.33. The highest BCUT2D eigenvalue weighted by Crippen LogP contribution is 2.36. The van der Waals surface area contributed by atoms with Gasteiger partial charge < -0.3 is 15.4 Å². The molecule has 1 aromatic heterocycles. The van der Waals surface area contributed by atoms with Crippen LogP contribution >= 0.6 is 11.6 Å². The first-order chi connectivity index (χ1) is 12.5. The molecular formula is C19H25ClN4O2. The summed E-state index contributed by atoms with van der Waals surface area (Å²) < 4.78 is 7.79. The van der Waals surface area contributed by atoms with Crippen LogP contribution in [0.3, 0.4) is 0 Å². The number of hydrogen-bond donors (Lipinski definition) is 2. The van der Waals surface area contributed by atoms with E-state index in [1.54, 1.807) is 10.9 Å². The third-order valence-electron chi connectivity index (χ3n) is 4.59. The van der Waals surface area contributed by atoms with E-state index in [1.165, 1.54) is 26.2 Å². The SMILES string of the molecule is CC(=O)Nc1ccc(OCCC2CCCCN2)c(-c2c(Cl)cnn2C)c1. The highest BCUT2D eigenvalue weighted by Gasteiger charge is 2.17. The Kier molecular flexibility index (Phi) is 6.16. The van der Waals surface area contributed by atoms with E-state index in [4.69, 9.17) is 16.3 Å². The fourth-order valence-electron chi connectivity index (χ4n) is 3.32. The molecule has 1 atom stereocenters. The van der Waals surface area contributed by atoms with Gasteiger partial charge in [-0.25, -0.2) is 0 Å². The molecule has 3 rings (SSSR count). The van der Waals surface area contributed by atoms with Crippen molar-refractivity contribution in [3.05, 3.63) is 29.4 Å². The molecule has 0 aliphatic carbocycles. The lowest BCUT2D eigenvalue weighted by Gasteiger charge is -2.23. The van der Waals surface area contributed by atoms with Crippen molar-refractivity contribution in [2.75, 3.05) is 18.5 Å². The van der Waals surface area contributed by atoms with Crippen LogP contribution in [0, 0.1) is 0 Å². The summed E-state index contributed by atoms with van der Waals surface area (Å²) >= 11 is 6.33. The molecule has 1 unspecified atom stereocenters. The van der Waals surface area contributed by atoms with Crippen LogP contribution in [-0.2, 0) is 11.8 Å². The standard InChI is InChI=1S/C19H25ClN4O2/c1-13(25)23-15-6-7-18(26-10-8-14-5-3-4-9-21-14)16(11-15)19-17(20)12-22-24(19)2/h6-7,11-12,14,21H,3-5,8-10H2,1-2H3,(H,23,25). The van der Waals surface area contributed by atoms with Crippen LogP contribution in [0.5, 0.6) is 5.75 Å². The fraction of sp³-hybridized carbons (Fsp3) is 0.474. The van der Waals surface area contributed by atoms with Crippen LogP contribution in [0.2, 0.25) is 5.02 Å². The van der Waals surface area contributed by atoms with Crippen LogP contribution < -0.4 is 15.4 Å².